The summed E-state index contributed by atoms with van der Waals surface area (Å²) >= 11 is 0. The van der Waals surface area contributed by atoms with Crippen molar-refractivity contribution in [3.05, 3.63) is 95.6 Å². The first kappa shape index (κ1) is 20.1. The molecule has 148 valence electrons. The van der Waals surface area contributed by atoms with Crippen molar-refractivity contribution in [2.75, 3.05) is 13.2 Å². The first-order chi connectivity index (χ1) is 14.1. The number of hydrogen-bond acceptors (Lipinski definition) is 5. The molecule has 0 heterocycles. The molecule has 0 saturated carbocycles. The number of para-hydroxylation sites is 1. The van der Waals surface area contributed by atoms with E-state index >= 15 is 0 Å². The Kier molecular flexibility index (Phi) is 7.00. The molecule has 0 radical (unpaired) electrons. The van der Waals surface area contributed by atoms with Gasteiger partial charge < -0.3 is 14.2 Å². The molecule has 0 N–H and O–H groups in total. The monoisotopic (exact) mass is 390 g/mol. The molecule has 3 rings (SSSR count). The standard InChI is InChI=1S/C24H22O5/c1-18-8-7-11-20(16-18)28-17-23(25)29-22-13-6-5-12-21(22)24(26)27-15-14-19-9-3-2-4-10-19/h2-13,16H,14-15,17H2,1H3. The molecule has 0 spiro atoms. The average Bonchev–Trinajstić information content (AvgIpc) is 2.73. The Balaban J connectivity index is 1.54. The normalized spacial score (nSPS) is 10.2. The van der Waals surface area contributed by atoms with Crippen molar-refractivity contribution >= 4 is 11.9 Å². The maximum absolute atomic E-state index is 12.4. The quantitative estimate of drug-likeness (QED) is 0.422. The Hall–Kier alpha value is -3.60. The van der Waals surface area contributed by atoms with Crippen LogP contribution in [-0.4, -0.2) is 25.2 Å². The molecule has 5 heteroatoms. The molecule has 0 aliphatic rings. The summed E-state index contributed by atoms with van der Waals surface area (Å²) in [7, 11) is 0. The molecule has 0 amide bonds. The lowest BCUT2D eigenvalue weighted by molar-refractivity contribution is -0.136. The predicted molar refractivity (Wildman–Crippen MR) is 109 cm³/mol. The maximum Gasteiger partial charge on any atom is 0.349 e. The fraction of sp³-hybridized carbons (Fsp3) is 0.167. The maximum atomic E-state index is 12.4. The van der Waals surface area contributed by atoms with Crippen molar-refractivity contribution in [2.24, 2.45) is 0 Å². The van der Waals surface area contributed by atoms with Crippen LogP contribution in [0.1, 0.15) is 21.5 Å². The summed E-state index contributed by atoms with van der Waals surface area (Å²) in [5.74, 6) is -0.411. The summed E-state index contributed by atoms with van der Waals surface area (Å²) in [5.41, 5.74) is 2.30. The first-order valence-corrected chi connectivity index (χ1v) is 9.32. The van der Waals surface area contributed by atoms with Gasteiger partial charge in [0.15, 0.2) is 6.61 Å². The van der Waals surface area contributed by atoms with Crippen LogP contribution in [0.4, 0.5) is 0 Å². The van der Waals surface area contributed by atoms with E-state index in [0.29, 0.717) is 12.2 Å². The van der Waals surface area contributed by atoms with Gasteiger partial charge in [0.1, 0.15) is 17.1 Å². The van der Waals surface area contributed by atoms with Gasteiger partial charge in [-0.05, 0) is 42.3 Å². The van der Waals surface area contributed by atoms with Crippen LogP contribution in [0.5, 0.6) is 11.5 Å². The van der Waals surface area contributed by atoms with Gasteiger partial charge >= 0.3 is 11.9 Å². The van der Waals surface area contributed by atoms with Gasteiger partial charge in [-0.2, -0.15) is 0 Å². The molecule has 3 aromatic rings. The van der Waals surface area contributed by atoms with E-state index in [1.165, 1.54) is 0 Å². The van der Waals surface area contributed by atoms with Gasteiger partial charge in [0, 0.05) is 6.42 Å². The molecule has 0 bridgehead atoms. The Bertz CT molecular complexity index is 966. The van der Waals surface area contributed by atoms with Crippen molar-refractivity contribution in [3.63, 3.8) is 0 Å². The fourth-order valence-corrected chi connectivity index (χ4v) is 2.71. The van der Waals surface area contributed by atoms with Crippen molar-refractivity contribution < 1.29 is 23.8 Å². The minimum absolute atomic E-state index is 0.148. The summed E-state index contributed by atoms with van der Waals surface area (Å²) in [6.07, 6.45) is 0.610. The van der Waals surface area contributed by atoms with E-state index in [2.05, 4.69) is 0 Å². The van der Waals surface area contributed by atoms with E-state index in [1.807, 2.05) is 55.5 Å². The average molecular weight is 390 g/mol. The van der Waals surface area contributed by atoms with Crippen molar-refractivity contribution in [2.45, 2.75) is 13.3 Å². The van der Waals surface area contributed by atoms with Crippen LogP contribution in [0.25, 0.3) is 0 Å². The van der Waals surface area contributed by atoms with Crippen molar-refractivity contribution in [1.29, 1.82) is 0 Å². The minimum atomic E-state index is -0.601. The second-order valence-electron chi connectivity index (χ2n) is 6.45. The molecule has 0 aliphatic heterocycles. The molecular weight excluding hydrogens is 368 g/mol. The first-order valence-electron chi connectivity index (χ1n) is 9.32. The fourth-order valence-electron chi connectivity index (χ4n) is 2.71. The SMILES string of the molecule is Cc1cccc(OCC(=O)Oc2ccccc2C(=O)OCCc2ccccc2)c1. The van der Waals surface area contributed by atoms with Gasteiger partial charge in [-0.25, -0.2) is 9.59 Å². The van der Waals surface area contributed by atoms with Crippen LogP contribution in [0.3, 0.4) is 0 Å². The molecular formula is C24H22O5. The summed E-state index contributed by atoms with van der Waals surface area (Å²) in [6.45, 7) is 1.91. The van der Waals surface area contributed by atoms with Gasteiger partial charge in [-0.15, -0.1) is 0 Å². The highest BCUT2D eigenvalue weighted by Crippen LogP contribution is 2.20. The molecule has 5 nitrogen and oxygen atoms in total. The Morgan fingerprint density at radius 2 is 1.62 bits per heavy atom. The third-order valence-electron chi connectivity index (χ3n) is 4.14. The molecule has 0 atom stereocenters. The lowest BCUT2D eigenvalue weighted by Gasteiger charge is -2.11. The minimum Gasteiger partial charge on any atom is -0.482 e. The number of carbonyl (C=O) groups excluding carboxylic acids is 2. The lowest BCUT2D eigenvalue weighted by atomic mass is 10.2. The summed E-state index contributed by atoms with van der Waals surface area (Å²) in [5, 5.41) is 0. The molecule has 0 aromatic heterocycles. The van der Waals surface area contributed by atoms with Crippen LogP contribution in [0, 0.1) is 6.92 Å². The third kappa shape index (κ3) is 6.21. The largest absolute Gasteiger partial charge is 0.482 e. The zero-order chi connectivity index (χ0) is 20.5. The highest BCUT2D eigenvalue weighted by Gasteiger charge is 2.16. The van der Waals surface area contributed by atoms with Gasteiger partial charge in [0.25, 0.3) is 0 Å². The zero-order valence-electron chi connectivity index (χ0n) is 16.2. The highest BCUT2D eigenvalue weighted by atomic mass is 16.6. The van der Waals surface area contributed by atoms with Crippen LogP contribution >= 0.6 is 0 Å². The number of benzene rings is 3. The predicted octanol–water partition coefficient (Wildman–Crippen LogP) is 4.38. The van der Waals surface area contributed by atoms with Crippen molar-refractivity contribution in [3.8, 4) is 11.5 Å². The summed E-state index contributed by atoms with van der Waals surface area (Å²) < 4.78 is 16.1. The Labute approximate surface area is 169 Å². The van der Waals surface area contributed by atoms with E-state index < -0.39 is 11.9 Å². The topological polar surface area (TPSA) is 61.8 Å². The molecule has 29 heavy (non-hydrogen) atoms. The lowest BCUT2D eigenvalue weighted by Crippen LogP contribution is -2.19. The van der Waals surface area contributed by atoms with E-state index in [0.717, 1.165) is 11.1 Å². The van der Waals surface area contributed by atoms with Gasteiger partial charge in [-0.1, -0.05) is 54.6 Å². The van der Waals surface area contributed by atoms with Gasteiger partial charge in [0.05, 0.1) is 6.61 Å². The Morgan fingerprint density at radius 1 is 0.862 bits per heavy atom. The summed E-state index contributed by atoms with van der Waals surface area (Å²) in [6, 6.07) is 23.6. The van der Waals surface area contributed by atoms with Crippen LogP contribution in [0.15, 0.2) is 78.9 Å². The number of carbonyl (C=O) groups is 2. The van der Waals surface area contributed by atoms with E-state index in [1.54, 1.807) is 30.3 Å². The van der Waals surface area contributed by atoms with Crippen molar-refractivity contribution in [1.82, 2.24) is 0 Å². The van der Waals surface area contributed by atoms with Gasteiger partial charge in [-0.3, -0.25) is 0 Å². The van der Waals surface area contributed by atoms with Crippen LogP contribution in [0.2, 0.25) is 0 Å². The second-order valence-corrected chi connectivity index (χ2v) is 6.45. The van der Waals surface area contributed by atoms with E-state index in [-0.39, 0.29) is 24.5 Å². The smallest absolute Gasteiger partial charge is 0.349 e. The Morgan fingerprint density at radius 3 is 2.41 bits per heavy atom. The number of ether oxygens (including phenoxy) is 3. The number of hydrogen-bond donors (Lipinski definition) is 0. The number of esters is 2. The van der Waals surface area contributed by atoms with Crippen LogP contribution in [-0.2, 0) is 16.0 Å². The number of rotatable bonds is 8. The molecule has 0 fully saturated rings. The molecule has 0 unspecified atom stereocenters. The molecule has 0 saturated heterocycles. The summed E-state index contributed by atoms with van der Waals surface area (Å²) in [4.78, 5) is 24.6. The number of aryl methyl sites for hydroxylation is 1. The van der Waals surface area contributed by atoms with E-state index in [9.17, 15) is 9.59 Å². The highest BCUT2D eigenvalue weighted by molar-refractivity contribution is 5.93. The third-order valence-corrected chi connectivity index (χ3v) is 4.14. The van der Waals surface area contributed by atoms with Gasteiger partial charge in [0.2, 0.25) is 0 Å². The molecule has 0 aliphatic carbocycles. The molecule has 3 aromatic carbocycles. The zero-order valence-corrected chi connectivity index (χ0v) is 16.2. The second kappa shape index (κ2) is 10.1. The van der Waals surface area contributed by atoms with E-state index in [4.69, 9.17) is 14.2 Å². The van der Waals surface area contributed by atoms with Crippen LogP contribution < -0.4 is 9.47 Å².